The lowest BCUT2D eigenvalue weighted by atomic mass is 10.1. The van der Waals surface area contributed by atoms with E-state index in [9.17, 15) is 4.79 Å². The number of aromatic amines is 1. The predicted molar refractivity (Wildman–Crippen MR) is 128 cm³/mol. The van der Waals surface area contributed by atoms with E-state index >= 15 is 0 Å². The first-order valence-electron chi connectivity index (χ1n) is 9.89. The molecule has 1 aliphatic rings. The Morgan fingerprint density at radius 2 is 2.23 bits per heavy atom. The zero-order valence-electron chi connectivity index (χ0n) is 17.2. The number of aliphatic imine (C=N–C) groups is 1. The fourth-order valence-electron chi connectivity index (χ4n) is 3.60. The molecule has 0 radical (unpaired) electrons. The molecular weight excluding hydrogens is 495 g/mol. The van der Waals surface area contributed by atoms with Gasteiger partial charge >= 0.3 is 0 Å². The van der Waals surface area contributed by atoms with Gasteiger partial charge in [-0.1, -0.05) is 0 Å². The second-order valence-electron chi connectivity index (χ2n) is 7.04. The number of pyridine rings is 1. The van der Waals surface area contributed by atoms with Crippen LogP contribution in [0.3, 0.4) is 0 Å². The Kier molecular flexibility index (Phi) is 7.29. The van der Waals surface area contributed by atoms with Crippen LogP contribution in [0.5, 0.6) is 0 Å². The zero-order valence-corrected chi connectivity index (χ0v) is 19.5. The van der Waals surface area contributed by atoms with Crippen molar-refractivity contribution in [2.24, 2.45) is 12.0 Å². The highest BCUT2D eigenvalue weighted by atomic mass is 127. The summed E-state index contributed by atoms with van der Waals surface area (Å²) < 4.78 is 1.71. The van der Waals surface area contributed by atoms with E-state index in [0.29, 0.717) is 19.6 Å². The molecule has 160 valence electrons. The number of aromatic nitrogens is 4. The minimum Gasteiger partial charge on any atom is -0.357 e. The number of guanidine groups is 1. The number of piperazine rings is 1. The Bertz CT molecular complexity index is 1030. The van der Waals surface area contributed by atoms with Crippen LogP contribution in [0.4, 0.5) is 5.69 Å². The lowest BCUT2D eigenvalue weighted by Gasteiger charge is -2.35. The van der Waals surface area contributed by atoms with Crippen molar-refractivity contribution in [3.63, 3.8) is 0 Å². The molecule has 9 nitrogen and oxygen atoms in total. The molecule has 0 aliphatic carbocycles. The molecule has 4 heterocycles. The molecule has 0 bridgehead atoms. The van der Waals surface area contributed by atoms with Crippen LogP contribution in [0, 0.1) is 0 Å². The smallest absolute Gasteiger partial charge is 0.246 e. The van der Waals surface area contributed by atoms with E-state index < -0.39 is 0 Å². The summed E-state index contributed by atoms with van der Waals surface area (Å²) in [6, 6.07) is 4.01. The minimum atomic E-state index is 0. The highest BCUT2D eigenvalue weighted by Crippen LogP contribution is 2.17. The van der Waals surface area contributed by atoms with Crippen LogP contribution in [0.15, 0.2) is 41.9 Å². The van der Waals surface area contributed by atoms with E-state index in [1.165, 1.54) is 5.56 Å². The second-order valence-corrected chi connectivity index (χ2v) is 7.04. The zero-order chi connectivity index (χ0) is 20.2. The van der Waals surface area contributed by atoms with Gasteiger partial charge in [-0.25, -0.2) is 4.98 Å². The van der Waals surface area contributed by atoms with E-state index in [0.717, 1.165) is 42.2 Å². The molecule has 0 saturated carbocycles. The Morgan fingerprint density at radius 1 is 1.37 bits per heavy atom. The normalized spacial score (nSPS) is 14.9. The van der Waals surface area contributed by atoms with Crippen LogP contribution >= 0.6 is 24.0 Å². The van der Waals surface area contributed by atoms with Crippen molar-refractivity contribution in [1.82, 2.24) is 30.0 Å². The van der Waals surface area contributed by atoms with Crippen molar-refractivity contribution in [1.29, 1.82) is 0 Å². The van der Waals surface area contributed by atoms with Gasteiger partial charge in [0.15, 0.2) is 5.96 Å². The molecule has 10 heteroatoms. The van der Waals surface area contributed by atoms with E-state index in [4.69, 9.17) is 4.99 Å². The van der Waals surface area contributed by atoms with Crippen LogP contribution in [-0.4, -0.2) is 69.2 Å². The average molecular weight is 522 g/mol. The first-order valence-corrected chi connectivity index (χ1v) is 9.89. The first kappa shape index (κ1) is 22.1. The molecule has 30 heavy (non-hydrogen) atoms. The maximum absolute atomic E-state index is 12.7. The number of hydrogen-bond acceptors (Lipinski definition) is 4. The topological polar surface area (TPSA) is 94.4 Å². The Labute approximate surface area is 192 Å². The van der Waals surface area contributed by atoms with Crippen molar-refractivity contribution in [3.05, 3.63) is 42.5 Å². The molecule has 0 unspecified atom stereocenters. The van der Waals surface area contributed by atoms with Gasteiger partial charge in [0.05, 0.1) is 11.9 Å². The molecule has 1 amide bonds. The van der Waals surface area contributed by atoms with Gasteiger partial charge in [0.1, 0.15) is 12.2 Å². The van der Waals surface area contributed by atoms with Crippen molar-refractivity contribution in [3.8, 4) is 0 Å². The SMILES string of the molecule is CCNC(=NCCc1c[nH]c2ncccc12)N1CCN(c2cnn(C)c2)C(=O)C1.I. The maximum Gasteiger partial charge on any atom is 0.246 e. The summed E-state index contributed by atoms with van der Waals surface area (Å²) >= 11 is 0. The quantitative estimate of drug-likeness (QED) is 0.303. The highest BCUT2D eigenvalue weighted by molar-refractivity contribution is 14.0. The third kappa shape index (κ3) is 4.74. The first-order chi connectivity index (χ1) is 14.2. The number of anilines is 1. The second kappa shape index (κ2) is 9.92. The average Bonchev–Trinajstić information content (AvgIpc) is 3.34. The number of aryl methyl sites for hydroxylation is 1. The summed E-state index contributed by atoms with van der Waals surface area (Å²) in [7, 11) is 1.85. The number of rotatable bonds is 5. The minimum absolute atomic E-state index is 0. The molecule has 3 aromatic rings. The molecule has 1 saturated heterocycles. The van der Waals surface area contributed by atoms with Gasteiger partial charge in [0, 0.05) is 57.2 Å². The lowest BCUT2D eigenvalue weighted by Crippen LogP contribution is -2.55. The molecule has 2 N–H and O–H groups in total. The van der Waals surface area contributed by atoms with Crippen LogP contribution in [0.25, 0.3) is 11.0 Å². The standard InChI is InChI=1S/C20H26N8O.HI/c1-3-21-20(23-8-6-15-11-24-19-17(15)5-4-7-22-19)27-9-10-28(18(29)14-27)16-12-25-26(2)13-16;/h4-5,7,11-13H,3,6,8-10,14H2,1-2H3,(H,21,23)(H,22,24);1H. The van der Waals surface area contributed by atoms with Gasteiger partial charge in [-0.2, -0.15) is 5.10 Å². The molecule has 0 atom stereocenters. The molecule has 3 aromatic heterocycles. The van der Waals surface area contributed by atoms with Gasteiger partial charge in [-0.15, -0.1) is 24.0 Å². The third-order valence-electron chi connectivity index (χ3n) is 5.04. The number of nitrogens with one attached hydrogen (secondary N) is 2. The van der Waals surface area contributed by atoms with Gasteiger partial charge in [-0.05, 0) is 31.0 Å². The molecule has 1 fully saturated rings. The third-order valence-corrected chi connectivity index (χ3v) is 5.04. The lowest BCUT2D eigenvalue weighted by molar-refractivity contribution is -0.120. The molecule has 1 aliphatic heterocycles. The molecular formula is C20H27IN8O. The Morgan fingerprint density at radius 3 is 2.97 bits per heavy atom. The van der Waals surface area contributed by atoms with Crippen molar-refractivity contribution < 1.29 is 4.79 Å². The Balaban J connectivity index is 0.00000256. The monoisotopic (exact) mass is 522 g/mol. The van der Waals surface area contributed by atoms with Gasteiger partial charge in [-0.3, -0.25) is 14.5 Å². The largest absolute Gasteiger partial charge is 0.357 e. The number of carbonyl (C=O) groups excluding carboxylic acids is 1. The summed E-state index contributed by atoms with van der Waals surface area (Å²) in [5.41, 5.74) is 2.94. The van der Waals surface area contributed by atoms with E-state index in [1.807, 2.05) is 37.3 Å². The summed E-state index contributed by atoms with van der Waals surface area (Å²) in [5, 5.41) is 8.61. The van der Waals surface area contributed by atoms with Gasteiger partial charge in [0.25, 0.3) is 0 Å². The summed E-state index contributed by atoms with van der Waals surface area (Å²) in [4.78, 5) is 28.8. The number of amides is 1. The highest BCUT2D eigenvalue weighted by Gasteiger charge is 2.27. The predicted octanol–water partition coefficient (Wildman–Crippen LogP) is 1.77. The van der Waals surface area contributed by atoms with Crippen LogP contribution < -0.4 is 10.2 Å². The fourth-order valence-corrected chi connectivity index (χ4v) is 3.60. The van der Waals surface area contributed by atoms with Crippen LogP contribution in [-0.2, 0) is 18.3 Å². The van der Waals surface area contributed by atoms with E-state index in [2.05, 4.69) is 26.4 Å². The summed E-state index contributed by atoms with van der Waals surface area (Å²) in [6.07, 6.45) is 8.18. The fraction of sp³-hybridized carbons (Fsp3) is 0.400. The summed E-state index contributed by atoms with van der Waals surface area (Å²) in [6.45, 7) is 5.08. The van der Waals surface area contributed by atoms with Gasteiger partial charge in [0.2, 0.25) is 5.91 Å². The number of fused-ring (bicyclic) bond motifs is 1. The molecule has 0 spiro atoms. The van der Waals surface area contributed by atoms with Crippen LogP contribution in [0.1, 0.15) is 12.5 Å². The maximum atomic E-state index is 12.7. The molecule has 0 aromatic carbocycles. The van der Waals surface area contributed by atoms with Crippen molar-refractivity contribution in [2.45, 2.75) is 13.3 Å². The van der Waals surface area contributed by atoms with Crippen LogP contribution in [0.2, 0.25) is 0 Å². The number of carbonyl (C=O) groups is 1. The number of H-pyrrole nitrogens is 1. The number of hydrogen-bond donors (Lipinski definition) is 2. The number of nitrogens with zero attached hydrogens (tertiary/aromatic N) is 6. The number of halogens is 1. The summed E-state index contributed by atoms with van der Waals surface area (Å²) in [5.74, 6) is 0.835. The van der Waals surface area contributed by atoms with Gasteiger partial charge < -0.3 is 20.1 Å². The molecule has 4 rings (SSSR count). The van der Waals surface area contributed by atoms with Crippen molar-refractivity contribution >= 4 is 52.6 Å². The van der Waals surface area contributed by atoms with E-state index in [-0.39, 0.29) is 29.9 Å². The van der Waals surface area contributed by atoms with E-state index in [1.54, 1.807) is 22.0 Å². The Hall–Kier alpha value is -2.63. The van der Waals surface area contributed by atoms with Crippen molar-refractivity contribution in [2.75, 3.05) is 37.6 Å².